The van der Waals surface area contributed by atoms with Crippen LogP contribution in [0, 0.1) is 66.6 Å². The van der Waals surface area contributed by atoms with Crippen LogP contribution in [0.2, 0.25) is 0 Å². The number of aromatic carboxylic acids is 1. The number of rotatable bonds is 35. The molecule has 7 atom stereocenters. The summed E-state index contributed by atoms with van der Waals surface area (Å²) in [6.07, 6.45) is 4.22. The van der Waals surface area contributed by atoms with Crippen LogP contribution < -0.4 is 0 Å². The number of thiol groups is 1. The van der Waals surface area contributed by atoms with Crippen LogP contribution in [0.3, 0.4) is 0 Å². The first-order valence-electron chi connectivity index (χ1n) is 35.5. The molecule has 0 radical (unpaired) electrons. The average molecular weight is 1740 g/mol. The van der Waals surface area contributed by atoms with Gasteiger partial charge in [0.05, 0.1) is 73.7 Å². The van der Waals surface area contributed by atoms with Crippen LogP contribution >= 0.6 is 12.6 Å². The summed E-state index contributed by atoms with van der Waals surface area (Å²) < 4.78 is 0. The number of carbonyl (C=O) groups is 18. The lowest BCUT2D eigenvalue weighted by Crippen LogP contribution is -2.25. The summed E-state index contributed by atoms with van der Waals surface area (Å²) in [6.45, 7) is 9.78. The molecule has 38 nitrogen and oxygen atoms in total. The Hall–Kier alpha value is -15.2. The molecule has 0 aliphatic heterocycles. The summed E-state index contributed by atoms with van der Waals surface area (Å²) in [5, 5.41) is 155. The highest BCUT2D eigenvalue weighted by Crippen LogP contribution is 2.37. The van der Waals surface area contributed by atoms with E-state index in [1.54, 1.807) is 72.8 Å². The number of phenolic OH excluding ortho intramolecular Hbond substituents is 1. The zero-order valence-corrected chi connectivity index (χ0v) is 67.0. The molecule has 0 spiro atoms. The number of carbonyl (C=O) groups excluding carboxylic acids is 4. The fourth-order valence-electron chi connectivity index (χ4n) is 9.61. The highest BCUT2D eigenvalue weighted by atomic mass is 32.1. The number of terminal acetylenes is 1. The van der Waals surface area contributed by atoms with Gasteiger partial charge >= 0.3 is 102 Å². The zero-order chi connectivity index (χ0) is 95.1. The van der Waals surface area contributed by atoms with Gasteiger partial charge in [-0.05, 0) is 135 Å². The van der Waals surface area contributed by atoms with E-state index < -0.39 is 149 Å². The maximum atomic E-state index is 11.3. The van der Waals surface area contributed by atoms with Gasteiger partial charge in [0.1, 0.15) is 29.0 Å². The van der Waals surface area contributed by atoms with Gasteiger partial charge in [0, 0.05) is 16.9 Å². The fourth-order valence-corrected chi connectivity index (χ4v) is 9.76. The normalized spacial score (nSPS) is 12.5. The van der Waals surface area contributed by atoms with Crippen LogP contribution in [-0.4, -0.2) is 205 Å². The first-order chi connectivity index (χ1) is 57.2. The lowest BCUT2D eigenvalue weighted by molar-refractivity contribution is -0.192. The zero-order valence-electron chi connectivity index (χ0n) is 66.1. The monoisotopic (exact) mass is 1740 g/mol. The predicted octanol–water partition coefficient (Wildman–Crippen LogP) is 8.60. The number of carboxylic acid groups (broad SMARTS) is 16. The fraction of sp³-hybridized carbons (Fsp3) is 0.298. The Bertz CT molecular complexity index is 4490. The molecule has 39 heteroatoms. The van der Waals surface area contributed by atoms with Crippen LogP contribution in [0.25, 0.3) is 5.76 Å². The van der Waals surface area contributed by atoms with Crippen molar-refractivity contribution >= 4 is 132 Å². The number of aliphatic carboxylic acids is 15. The van der Waals surface area contributed by atoms with Crippen LogP contribution in [0.4, 0.5) is 0 Å². The lowest BCUT2D eigenvalue weighted by Gasteiger charge is -2.11. The van der Waals surface area contributed by atoms with E-state index in [1.807, 2.05) is 50.2 Å². The second kappa shape index (κ2) is 60.3. The van der Waals surface area contributed by atoms with Gasteiger partial charge in [-0.2, -0.15) is 9.59 Å². The SMILES string of the molecule is C#CCC(C(C)=O)C(=O)O.C=C(O)c1cc(CC(=O)O)cc(C(=O)O)c1.CC(=O)C(CC(=O)O)c1ccc(S)cc1.C[C@H]1C[C@H]1C(=O)O.Cc1ccc(CC(CC(=O)O)C(=O)O)cc1.O=C(O)C(Cc1ccc(O)cc1)C(=O)O.O=C(O)CC(C(=O)O)C(=O)O.O=C(O)CC(Cc1ccccc1)C(=O)O.O=C(O)CC(Cc1ccccc1)C(=O)O.O=C=O. The molecule has 0 bridgehead atoms. The average Bonchev–Trinajstić information content (AvgIpc) is 1.70. The minimum Gasteiger partial charge on any atom is -0.508 e. The van der Waals surface area contributed by atoms with Crippen LogP contribution in [0.15, 0.2) is 163 Å². The van der Waals surface area contributed by atoms with E-state index >= 15 is 0 Å². The minimum absolute atomic E-state index is 0.0139. The number of benzene rings is 6. The van der Waals surface area contributed by atoms with E-state index in [1.165, 1.54) is 56.3 Å². The van der Waals surface area contributed by atoms with E-state index in [-0.39, 0.29) is 105 Å². The van der Waals surface area contributed by atoms with Gasteiger partial charge < -0.3 is 91.9 Å². The Balaban J connectivity index is -0.00000132. The van der Waals surface area contributed by atoms with Crippen molar-refractivity contribution in [3.8, 4) is 18.1 Å². The molecule has 123 heavy (non-hydrogen) atoms. The van der Waals surface area contributed by atoms with E-state index in [9.17, 15) is 86.3 Å². The van der Waals surface area contributed by atoms with Gasteiger partial charge in [0.25, 0.3) is 0 Å². The molecule has 1 aliphatic carbocycles. The van der Waals surface area contributed by atoms with Crippen molar-refractivity contribution in [2.45, 2.75) is 116 Å². The van der Waals surface area contributed by atoms with Gasteiger partial charge in [0.15, 0.2) is 11.8 Å². The molecule has 0 saturated heterocycles. The predicted molar refractivity (Wildman–Crippen MR) is 428 cm³/mol. The summed E-state index contributed by atoms with van der Waals surface area (Å²) in [5.74, 6) is -24.6. The molecule has 6 aromatic carbocycles. The number of aryl methyl sites for hydroxylation is 1. The van der Waals surface area contributed by atoms with Crippen LogP contribution in [0.1, 0.15) is 127 Å². The third-order valence-corrected chi connectivity index (χ3v) is 16.4. The highest BCUT2D eigenvalue weighted by Gasteiger charge is 2.39. The maximum absolute atomic E-state index is 11.3. The first-order valence-corrected chi connectivity index (χ1v) is 36.0. The highest BCUT2D eigenvalue weighted by molar-refractivity contribution is 7.80. The molecule has 1 aliphatic rings. The summed E-state index contributed by atoms with van der Waals surface area (Å²) in [5.41, 5.74) is 5.33. The Kier molecular flexibility index (Phi) is 54.9. The molecule has 0 heterocycles. The van der Waals surface area contributed by atoms with Gasteiger partial charge in [-0.1, -0.05) is 128 Å². The van der Waals surface area contributed by atoms with Gasteiger partial charge in [-0.3, -0.25) is 81.5 Å². The third kappa shape index (κ3) is 53.7. The standard InChI is InChI=1S/C12H14O4.C11H10O5.2C11H12O4.C11H12O3S.C10H10O5.C7H8O3.C5H6O6.C5H8O2.CO2/c1-8-2-4-9(5-3-8)6-10(12(15)16)7-11(13)14;1-6(12)8-2-7(4-10(13)14)3-9(5-8)11(15)16;2*12-10(13)7-9(11(14)15)6-8-4-2-1-3-5-8;1-7(12)10(6-11(13)14)8-2-4-9(15)5-3-8;11-7-3-1-6(2-4-7)5-8(9(12)13)10(14)15;1-3-4-6(5(2)8)7(9)10;6-3(7)1-2(4(8)9)5(10)11;1-3-2-4(3)5(6)7;2-1-3/h2-5,10H,6-7H2,1H3,(H,13,14)(H,15,16);2-3,5,12H,1,4H2,(H,13,14)(H,15,16);2*1-5,9H,6-7H2,(H,12,13)(H,14,15);2-5,10,15H,6H2,1H3,(H,13,14);1-4,8,11H,5H2,(H,12,13)(H,14,15);1,6H,4H2,2H3,(H,9,10);2H,1H2,(H,6,7)(H,8,9)(H,10,11);3-4H,2H2,1H3,(H,6,7);/t;;;;;;;;3-,4+;/m........0./s1. The Morgan fingerprint density at radius 2 is 0.756 bits per heavy atom. The second-order valence-corrected chi connectivity index (χ2v) is 26.7. The van der Waals surface area contributed by atoms with Gasteiger partial charge in [-0.25, -0.2) is 4.79 Å². The van der Waals surface area contributed by atoms with Crippen molar-refractivity contribution in [2.24, 2.45) is 47.3 Å². The summed E-state index contributed by atoms with van der Waals surface area (Å²) in [6, 6.07) is 42.0. The topological polar surface area (TPSA) is 706 Å². The van der Waals surface area contributed by atoms with Crippen molar-refractivity contribution in [3.05, 3.63) is 208 Å². The quantitative estimate of drug-likeness (QED) is 0.00766. The summed E-state index contributed by atoms with van der Waals surface area (Å²) in [4.78, 5) is 206. The van der Waals surface area contributed by atoms with Crippen molar-refractivity contribution in [1.82, 2.24) is 0 Å². The smallest absolute Gasteiger partial charge is 0.373 e. The third-order valence-electron chi connectivity index (χ3n) is 16.1. The number of aromatic hydroxyl groups is 1. The van der Waals surface area contributed by atoms with E-state index in [4.69, 9.17) is 108 Å². The van der Waals surface area contributed by atoms with Gasteiger partial charge in [-0.15, -0.1) is 25.0 Å². The summed E-state index contributed by atoms with van der Waals surface area (Å²) in [7, 11) is 0. The molecule has 662 valence electrons. The molecule has 7 rings (SSSR count). The number of aliphatic hydroxyl groups excluding tert-OH is 1. The van der Waals surface area contributed by atoms with E-state index in [0.29, 0.717) is 17.0 Å². The number of aliphatic hydroxyl groups is 1. The molecule has 0 amide bonds. The minimum atomic E-state index is -1.85. The van der Waals surface area contributed by atoms with E-state index in [2.05, 4.69) is 25.1 Å². The van der Waals surface area contributed by atoms with Crippen molar-refractivity contribution in [1.29, 1.82) is 0 Å². The van der Waals surface area contributed by atoms with Crippen molar-refractivity contribution in [2.75, 3.05) is 0 Å². The van der Waals surface area contributed by atoms with E-state index in [0.717, 1.165) is 39.1 Å². The molecule has 0 aromatic heterocycles. The van der Waals surface area contributed by atoms with Gasteiger partial charge in [0.2, 0.25) is 0 Å². The Labute approximate surface area is 705 Å². The van der Waals surface area contributed by atoms with Crippen molar-refractivity contribution in [3.63, 3.8) is 0 Å². The molecular weight excluding hydrogens is 1650 g/mol. The molecule has 1 fully saturated rings. The molecule has 6 aromatic rings. The summed E-state index contributed by atoms with van der Waals surface area (Å²) >= 11 is 4.12. The number of phenols is 1. The number of hydrogen-bond donors (Lipinski definition) is 19. The maximum Gasteiger partial charge on any atom is 0.373 e. The molecule has 18 N–H and O–H groups in total. The first kappa shape index (κ1) is 112. The second-order valence-electron chi connectivity index (χ2n) is 26.1. The number of ketones is 2. The molecule has 1 saturated carbocycles. The molecule has 5 unspecified atom stereocenters. The lowest BCUT2D eigenvalue weighted by atomic mass is 9.92. The Morgan fingerprint density at radius 1 is 0.415 bits per heavy atom. The number of hydrogen-bond acceptors (Lipinski definition) is 23. The molecular formula is C84H92O38S. The largest absolute Gasteiger partial charge is 0.508 e. The number of carboxylic acids is 16. The number of Topliss-reactive ketones (excluding diaryl/α,β-unsaturated/α-hetero) is 2. The van der Waals surface area contributed by atoms with Crippen LogP contribution in [-0.2, 0) is 123 Å². The Morgan fingerprint density at radius 3 is 1.02 bits per heavy atom. The van der Waals surface area contributed by atoms with Crippen LogP contribution in [0.5, 0.6) is 5.75 Å². The van der Waals surface area contributed by atoms with Crippen molar-refractivity contribution < 1.29 is 188 Å².